The van der Waals surface area contributed by atoms with Gasteiger partial charge in [-0.25, -0.2) is 4.48 Å². The Bertz CT molecular complexity index is 1200. The van der Waals surface area contributed by atoms with Crippen LogP contribution in [0.3, 0.4) is 0 Å². The van der Waals surface area contributed by atoms with Gasteiger partial charge in [-0.1, -0.05) is 12.8 Å². The molecule has 0 bridgehead atoms. The quantitative estimate of drug-likeness (QED) is 0.0830. The van der Waals surface area contributed by atoms with Crippen LogP contribution in [-0.4, -0.2) is 108 Å². The number of hydrogen-bond acceptors (Lipinski definition) is 10. The van der Waals surface area contributed by atoms with E-state index in [1.807, 2.05) is 0 Å². The molecule has 0 aliphatic carbocycles. The number of quaternary nitrogens is 1. The van der Waals surface area contributed by atoms with E-state index in [0.29, 0.717) is 0 Å². The lowest BCUT2D eigenvalue weighted by Crippen LogP contribution is -2.69. The van der Waals surface area contributed by atoms with Gasteiger partial charge < -0.3 is 77.6 Å². The summed E-state index contributed by atoms with van der Waals surface area (Å²) in [4.78, 5) is 141. The Morgan fingerprint density at radius 1 is 0.442 bits per heavy atom. The molecule has 1 rings (SSSR count). The van der Waals surface area contributed by atoms with Crippen LogP contribution in [0.5, 0.6) is 0 Å². The molecule has 1 fully saturated rings. The molecule has 0 spiro atoms. The molecule has 1 heterocycles. The second kappa shape index (κ2) is 13.6. The second-order valence-electron chi connectivity index (χ2n) is 9.02. The van der Waals surface area contributed by atoms with Gasteiger partial charge in [0.2, 0.25) is 0 Å². The van der Waals surface area contributed by atoms with Crippen molar-refractivity contribution in [2.45, 2.75) is 47.8 Å². The summed E-state index contributed by atoms with van der Waals surface area (Å²) in [6.07, 6.45) is -0.192. The highest BCUT2D eigenvalue weighted by molar-refractivity contribution is 7.75. The van der Waals surface area contributed by atoms with Crippen molar-refractivity contribution >= 4 is 60.8 Å². The van der Waals surface area contributed by atoms with E-state index in [1.165, 1.54) is 0 Å². The maximum absolute atomic E-state index is 14.2. The van der Waals surface area contributed by atoms with Crippen molar-refractivity contribution in [3.05, 3.63) is 0 Å². The Morgan fingerprint density at radius 2 is 0.674 bits per heavy atom. The van der Waals surface area contributed by atoms with Crippen LogP contribution in [0.15, 0.2) is 0 Å². The molecule has 14 N–H and O–H groups in total. The highest BCUT2D eigenvalue weighted by Gasteiger charge is 2.85. The molecule has 1 aliphatic heterocycles. The topological polar surface area (TPSA) is 438 Å². The average molecular weight is 796 g/mol. The largest absolute Gasteiger partial charge is 0.400 e. The molecule has 0 radical (unpaired) electrons. The molecular weight excluding hydrogens is 766 g/mol. The molecule has 0 amide bonds. The average Bonchev–Trinajstić information content (AvgIpc) is 2.71. The van der Waals surface area contributed by atoms with Gasteiger partial charge in [-0.3, -0.25) is 36.5 Å². The van der Waals surface area contributed by atoms with E-state index in [-0.39, 0.29) is 25.7 Å². The van der Waals surface area contributed by atoms with Gasteiger partial charge in [-0.15, -0.1) is 0 Å². The van der Waals surface area contributed by atoms with Gasteiger partial charge in [0.05, 0.1) is 13.2 Å². The van der Waals surface area contributed by atoms with Crippen molar-refractivity contribution in [3.63, 3.8) is 0 Å². The fourth-order valence-corrected chi connectivity index (χ4v) is 22.2. The van der Waals surface area contributed by atoms with Crippen molar-refractivity contribution in [1.29, 1.82) is 0 Å². The molecule has 1 unspecified atom stereocenters. The first-order valence-electron chi connectivity index (χ1n) is 10.8. The Kier molecular flexibility index (Phi) is 13.3. The van der Waals surface area contributed by atoms with Crippen LogP contribution < -0.4 is 0 Å². The molecular formula is C10H30NO24P8+. The highest BCUT2D eigenvalue weighted by Crippen LogP contribution is 2.85. The van der Waals surface area contributed by atoms with Crippen LogP contribution in [0.1, 0.15) is 25.7 Å². The molecule has 258 valence electrons. The van der Waals surface area contributed by atoms with Crippen molar-refractivity contribution in [3.8, 4) is 0 Å². The van der Waals surface area contributed by atoms with Crippen LogP contribution in [0.2, 0.25) is 0 Å². The first-order valence-corrected chi connectivity index (χ1v) is 24.2. The van der Waals surface area contributed by atoms with Crippen LogP contribution in [0.4, 0.5) is 0 Å². The van der Waals surface area contributed by atoms with E-state index in [0.717, 1.165) is 0 Å². The summed E-state index contributed by atoms with van der Waals surface area (Å²) in [5.74, 6) is 0. The smallest absolute Gasteiger partial charge is 0.320 e. The third-order valence-electron chi connectivity index (χ3n) is 5.57. The Morgan fingerprint density at radius 3 is 0.860 bits per heavy atom. The maximum Gasteiger partial charge on any atom is 0.400 e. The predicted molar refractivity (Wildman–Crippen MR) is 138 cm³/mol. The number of rotatable bonds is 12. The summed E-state index contributed by atoms with van der Waals surface area (Å²) in [7, 11) is -58.0. The monoisotopic (exact) mass is 796 g/mol. The first-order chi connectivity index (χ1) is 18.7. The van der Waals surface area contributed by atoms with Crippen LogP contribution >= 0.6 is 60.8 Å². The Balaban J connectivity index is 5.13. The predicted octanol–water partition coefficient (Wildman–Crippen LogP) is -1.02. The summed E-state index contributed by atoms with van der Waals surface area (Å²) >= 11 is 0. The first kappa shape index (κ1) is 42.2. The minimum Gasteiger partial charge on any atom is -0.320 e. The highest BCUT2D eigenvalue weighted by atomic mass is 31.3. The van der Waals surface area contributed by atoms with E-state index in [4.69, 9.17) is 9.05 Å². The van der Waals surface area contributed by atoms with Gasteiger partial charge in [0.1, 0.15) is 0 Å². The second-order valence-corrected chi connectivity index (χ2v) is 24.4. The molecule has 1 atom stereocenters. The van der Waals surface area contributed by atoms with Gasteiger partial charge in [0.15, 0.2) is 0 Å². The fourth-order valence-electron chi connectivity index (χ4n) is 4.67. The Labute approximate surface area is 240 Å². The number of nitrogens with zero attached hydrogens (tertiary/aromatic N) is 1. The van der Waals surface area contributed by atoms with Crippen molar-refractivity contribution < 1.29 is 119 Å². The van der Waals surface area contributed by atoms with Crippen molar-refractivity contribution in [1.82, 2.24) is 0 Å². The van der Waals surface area contributed by atoms with E-state index < -0.39 is 101 Å². The summed E-state index contributed by atoms with van der Waals surface area (Å²) in [6.45, 7) is -2.03. The lowest BCUT2D eigenvalue weighted by atomic mass is 10.2. The zero-order chi connectivity index (χ0) is 34.5. The van der Waals surface area contributed by atoms with Gasteiger partial charge in [0.25, 0.3) is 22.1 Å². The lowest BCUT2D eigenvalue weighted by Gasteiger charge is -2.55. The van der Waals surface area contributed by atoms with Gasteiger partial charge in [-0.05, 0) is 12.8 Å². The van der Waals surface area contributed by atoms with Gasteiger partial charge in [-0.2, -0.15) is 0 Å². The van der Waals surface area contributed by atoms with Crippen molar-refractivity contribution in [2.75, 3.05) is 13.2 Å². The van der Waals surface area contributed by atoms with Crippen LogP contribution in [-0.2, 0) is 45.6 Å². The molecule has 0 aromatic heterocycles. The zero-order valence-corrected chi connectivity index (χ0v) is 28.1. The minimum absolute atomic E-state index is 0.151. The third-order valence-corrected chi connectivity index (χ3v) is 21.8. The van der Waals surface area contributed by atoms with Gasteiger partial charge >= 0.3 is 60.8 Å². The van der Waals surface area contributed by atoms with E-state index in [2.05, 4.69) is 0 Å². The SMILES string of the molecule is O=P(O)(O)C([N+](C(P(=O)(O)O)P(=O)(O)O)(C(P(=O)(O)O)P(=O)(O)O)C(P(=O)(O)O)P1(=O)OCCCCCCO1)P(=O)(O)O. The van der Waals surface area contributed by atoms with Crippen LogP contribution in [0, 0.1) is 0 Å². The molecule has 0 saturated carbocycles. The third kappa shape index (κ3) is 9.85. The molecule has 1 saturated heterocycles. The number of hydrogen-bond donors (Lipinski definition) is 14. The molecule has 43 heavy (non-hydrogen) atoms. The summed E-state index contributed by atoms with van der Waals surface area (Å²) in [6, 6.07) is 0. The van der Waals surface area contributed by atoms with Crippen molar-refractivity contribution in [2.24, 2.45) is 0 Å². The normalized spacial score (nSPS) is 20.1. The summed E-state index contributed by atoms with van der Waals surface area (Å²) in [5.41, 5.74) is -19.7. The van der Waals surface area contributed by atoms with E-state index in [1.54, 1.807) is 0 Å². The minimum atomic E-state index is -7.38. The van der Waals surface area contributed by atoms with E-state index >= 15 is 0 Å². The molecule has 1 aliphatic rings. The lowest BCUT2D eigenvalue weighted by molar-refractivity contribution is -0.932. The van der Waals surface area contributed by atoms with E-state index in [9.17, 15) is 105 Å². The summed E-state index contributed by atoms with van der Waals surface area (Å²) in [5, 5.41) is 0. The zero-order valence-electron chi connectivity index (χ0n) is 20.9. The molecule has 33 heteroatoms. The molecule has 25 nitrogen and oxygen atoms in total. The Hall–Kier alpha value is 1.16. The standard InChI is InChI=1S/C10H29NO24P8/c12-36(13,14)7(37(15,16)17)11(8(38(18,19)20)39(21,22)23,9(40(24,25)26)41(27,28)29)10(42(30,31)32)43(33)34-5-3-1-2-4-6-35-43/h7-10H,1-6H2,(H13-,12,13,14,15,16,17,18,19,20,21,22,23,24,25,26,27,28,29,30,31,32)/p+1. The van der Waals surface area contributed by atoms with Gasteiger partial charge in [0, 0.05) is 0 Å². The maximum atomic E-state index is 14.2. The fraction of sp³-hybridized carbons (Fsp3) is 1.00. The van der Waals surface area contributed by atoms with Crippen LogP contribution in [0.25, 0.3) is 0 Å². The summed E-state index contributed by atoms with van der Waals surface area (Å²) < 4.78 is 108. The molecule has 0 aromatic carbocycles. The molecule has 0 aromatic rings.